The van der Waals surface area contributed by atoms with Gasteiger partial charge >= 0.3 is 24.1 Å². The molecule has 0 atom stereocenters. The number of esters is 2. The highest BCUT2D eigenvalue weighted by Crippen LogP contribution is 2.09. The maximum absolute atomic E-state index is 11.6. The van der Waals surface area contributed by atoms with E-state index in [2.05, 4.69) is 58.0 Å². The molecule has 50 heavy (non-hydrogen) atoms. The summed E-state index contributed by atoms with van der Waals surface area (Å²) in [6, 6.07) is 0. The lowest BCUT2D eigenvalue weighted by Gasteiger charge is -2.07. The van der Waals surface area contributed by atoms with Crippen molar-refractivity contribution in [3.63, 3.8) is 0 Å². The molecule has 0 radical (unpaired) electrons. The lowest BCUT2D eigenvalue weighted by atomic mass is 10.1. The normalized spacial score (nSPS) is 9.56. The van der Waals surface area contributed by atoms with Crippen LogP contribution in [0.4, 0.5) is 9.59 Å². The number of amides is 2. The maximum Gasteiger partial charge on any atom is 0.407 e. The second-order valence-corrected chi connectivity index (χ2v) is 11.7. The summed E-state index contributed by atoms with van der Waals surface area (Å²) >= 11 is 0. The van der Waals surface area contributed by atoms with Crippen molar-refractivity contribution < 1.29 is 38.1 Å². The van der Waals surface area contributed by atoms with Gasteiger partial charge < -0.3 is 29.6 Å². The summed E-state index contributed by atoms with van der Waals surface area (Å²) in [5.74, 6) is 21.9. The predicted molar refractivity (Wildman–Crippen MR) is 195 cm³/mol. The lowest BCUT2D eigenvalue weighted by molar-refractivity contribution is -0.143. The Labute approximate surface area is 301 Å². The monoisotopic (exact) mass is 696 g/mol. The van der Waals surface area contributed by atoms with E-state index in [0.717, 1.165) is 128 Å². The fraction of sp³-hybridized carbons (Fsp3) is 0.700. The molecule has 0 heterocycles. The summed E-state index contributed by atoms with van der Waals surface area (Å²) in [5, 5.41) is 4.81. The van der Waals surface area contributed by atoms with Crippen molar-refractivity contribution in [1.82, 2.24) is 10.6 Å². The molecule has 2 amide bonds. The summed E-state index contributed by atoms with van der Waals surface area (Å²) < 4.78 is 20.1. The van der Waals surface area contributed by atoms with Gasteiger partial charge in [-0.05, 0) is 74.0 Å². The Morgan fingerprint density at radius 2 is 0.720 bits per heavy atom. The second-order valence-electron chi connectivity index (χ2n) is 11.7. The molecule has 0 aliphatic carbocycles. The Kier molecular flexibility index (Phi) is 34.3. The molecule has 2 N–H and O–H groups in total. The van der Waals surface area contributed by atoms with E-state index in [1.165, 1.54) is 0 Å². The molecule has 10 nitrogen and oxygen atoms in total. The molecule has 278 valence electrons. The highest BCUT2D eigenvalue weighted by molar-refractivity contribution is 5.78. The van der Waals surface area contributed by atoms with E-state index in [0.29, 0.717) is 26.4 Å². The number of rotatable bonds is 28. The fourth-order valence-electron chi connectivity index (χ4n) is 4.22. The van der Waals surface area contributed by atoms with Gasteiger partial charge in [0.25, 0.3) is 0 Å². The SMILES string of the molecule is CCCCOC(=O)CNC(=O)OCCCCCCCCCC#CC#CC#CC#CCCCCCCCCCOC(=O)NCC(=O)OCCCC. The van der Waals surface area contributed by atoms with Gasteiger partial charge in [0.05, 0.1) is 26.4 Å². The van der Waals surface area contributed by atoms with E-state index in [-0.39, 0.29) is 13.1 Å². The summed E-state index contributed by atoms with van der Waals surface area (Å²) in [4.78, 5) is 46.0. The second kappa shape index (κ2) is 37.5. The number of hydrogen-bond donors (Lipinski definition) is 2. The van der Waals surface area contributed by atoms with Gasteiger partial charge in [0.1, 0.15) is 13.1 Å². The molecule has 0 spiro atoms. The topological polar surface area (TPSA) is 129 Å². The van der Waals surface area contributed by atoms with Gasteiger partial charge in [0, 0.05) is 12.8 Å². The molecule has 0 aliphatic heterocycles. The lowest BCUT2D eigenvalue weighted by Crippen LogP contribution is -2.31. The van der Waals surface area contributed by atoms with Crippen LogP contribution < -0.4 is 10.6 Å². The van der Waals surface area contributed by atoms with Crippen molar-refractivity contribution >= 4 is 24.1 Å². The quantitative estimate of drug-likeness (QED) is 0.0375. The third-order valence-electron chi connectivity index (χ3n) is 7.12. The van der Waals surface area contributed by atoms with Gasteiger partial charge in [0.15, 0.2) is 0 Å². The summed E-state index contributed by atoms with van der Waals surface area (Å²) in [6.07, 6.45) is 18.7. The molecule has 0 aliphatic rings. The number of carbonyl (C=O) groups excluding carboxylic acids is 4. The molecule has 0 fully saturated rings. The molecular formula is C40H60N2O8. The van der Waals surface area contributed by atoms with Crippen molar-refractivity contribution in [3.05, 3.63) is 0 Å². The van der Waals surface area contributed by atoms with Crippen molar-refractivity contribution in [1.29, 1.82) is 0 Å². The van der Waals surface area contributed by atoms with Crippen LogP contribution in [0.2, 0.25) is 0 Å². The van der Waals surface area contributed by atoms with Crippen LogP contribution in [0.5, 0.6) is 0 Å². The van der Waals surface area contributed by atoms with Crippen molar-refractivity contribution in [2.45, 2.75) is 142 Å². The zero-order chi connectivity index (χ0) is 36.6. The fourth-order valence-corrected chi connectivity index (χ4v) is 4.22. The minimum Gasteiger partial charge on any atom is -0.464 e. The third kappa shape index (κ3) is 36.6. The first-order valence-corrected chi connectivity index (χ1v) is 18.6. The first-order valence-electron chi connectivity index (χ1n) is 18.6. The van der Waals surface area contributed by atoms with Crippen molar-refractivity contribution in [3.8, 4) is 47.4 Å². The number of ether oxygens (including phenoxy) is 4. The highest BCUT2D eigenvalue weighted by Gasteiger charge is 2.08. The van der Waals surface area contributed by atoms with Gasteiger partial charge in [-0.1, -0.05) is 103 Å². The molecule has 0 aromatic carbocycles. The van der Waals surface area contributed by atoms with E-state index in [9.17, 15) is 19.2 Å². The summed E-state index contributed by atoms with van der Waals surface area (Å²) in [6.45, 7) is 5.14. The molecule has 0 bridgehead atoms. The zero-order valence-electron chi connectivity index (χ0n) is 30.7. The Morgan fingerprint density at radius 1 is 0.400 bits per heavy atom. The molecule has 0 aromatic heterocycles. The molecular weight excluding hydrogens is 636 g/mol. The van der Waals surface area contributed by atoms with E-state index in [1.807, 2.05) is 13.8 Å². The number of hydrogen-bond acceptors (Lipinski definition) is 8. The number of alkyl carbamates (subject to hydrolysis) is 2. The minimum absolute atomic E-state index is 0.164. The van der Waals surface area contributed by atoms with Gasteiger partial charge in [-0.15, -0.1) is 0 Å². The van der Waals surface area contributed by atoms with E-state index < -0.39 is 24.1 Å². The van der Waals surface area contributed by atoms with E-state index in [1.54, 1.807) is 0 Å². The number of nitrogens with one attached hydrogen (secondary N) is 2. The first kappa shape index (κ1) is 45.7. The third-order valence-corrected chi connectivity index (χ3v) is 7.12. The van der Waals surface area contributed by atoms with Crippen LogP contribution in [0, 0.1) is 47.4 Å². The first-order chi connectivity index (χ1) is 24.5. The Morgan fingerprint density at radius 3 is 1.10 bits per heavy atom. The Balaban J connectivity index is 3.53. The number of unbranched alkanes of at least 4 members (excludes halogenated alkanes) is 16. The molecule has 0 saturated heterocycles. The predicted octanol–water partition coefficient (Wildman–Crippen LogP) is 7.38. The Bertz CT molecular complexity index is 1080. The number of carbonyl (C=O) groups is 4. The average Bonchev–Trinajstić information content (AvgIpc) is 3.11. The largest absolute Gasteiger partial charge is 0.464 e. The average molecular weight is 697 g/mol. The molecule has 0 unspecified atom stereocenters. The van der Waals surface area contributed by atoms with Gasteiger partial charge in [-0.25, -0.2) is 9.59 Å². The van der Waals surface area contributed by atoms with Crippen LogP contribution in [0.1, 0.15) is 142 Å². The van der Waals surface area contributed by atoms with E-state index >= 15 is 0 Å². The molecule has 10 heteroatoms. The summed E-state index contributed by atoms with van der Waals surface area (Å²) in [5.41, 5.74) is 0. The maximum atomic E-state index is 11.6. The van der Waals surface area contributed by atoms with Crippen LogP contribution in [0.3, 0.4) is 0 Å². The van der Waals surface area contributed by atoms with Crippen LogP contribution in [0.15, 0.2) is 0 Å². The minimum atomic E-state index is -0.585. The van der Waals surface area contributed by atoms with Crippen LogP contribution in [-0.2, 0) is 28.5 Å². The smallest absolute Gasteiger partial charge is 0.407 e. The standard InChI is InChI=1S/C40H60N2O8/c1-3-5-31-47-37(43)35-41-39(45)49-33-29-27-25-23-21-19-17-15-13-11-9-7-8-10-12-14-16-18-20-22-24-26-28-30-34-50-40(46)42-36-38(44)48-32-6-4-2/h3-6,15-36H2,1-2H3,(H,41,45)(H,42,46). The van der Waals surface area contributed by atoms with Gasteiger partial charge in [-0.2, -0.15) is 0 Å². The molecule has 0 rings (SSSR count). The van der Waals surface area contributed by atoms with Gasteiger partial charge in [0.2, 0.25) is 0 Å². The van der Waals surface area contributed by atoms with Crippen LogP contribution in [-0.4, -0.2) is 63.6 Å². The van der Waals surface area contributed by atoms with E-state index in [4.69, 9.17) is 18.9 Å². The Hall–Kier alpha value is -4.28. The highest BCUT2D eigenvalue weighted by atomic mass is 16.6. The summed E-state index contributed by atoms with van der Waals surface area (Å²) in [7, 11) is 0. The van der Waals surface area contributed by atoms with Crippen molar-refractivity contribution in [2.75, 3.05) is 39.5 Å². The van der Waals surface area contributed by atoms with Crippen LogP contribution in [0.25, 0.3) is 0 Å². The van der Waals surface area contributed by atoms with Gasteiger partial charge in [-0.3, -0.25) is 9.59 Å². The van der Waals surface area contributed by atoms with Crippen molar-refractivity contribution in [2.24, 2.45) is 0 Å². The molecule has 0 saturated carbocycles. The molecule has 0 aromatic rings. The zero-order valence-corrected chi connectivity index (χ0v) is 30.7. The van der Waals surface area contributed by atoms with Crippen LogP contribution >= 0.6 is 0 Å².